The molecule has 0 saturated heterocycles. The molecule has 0 radical (unpaired) electrons. The van der Waals surface area contributed by atoms with Gasteiger partial charge in [-0.25, -0.2) is 0 Å². The molecule has 24 heavy (non-hydrogen) atoms. The molecule has 0 atom stereocenters. The van der Waals surface area contributed by atoms with Crippen LogP contribution < -0.4 is 4.74 Å². The molecule has 2 aliphatic rings. The molecule has 3 heteroatoms. The van der Waals surface area contributed by atoms with E-state index >= 15 is 0 Å². The maximum Gasteiger partial charge on any atom is 0.146 e. The molecule has 0 amide bonds. The molecule has 1 aromatic carbocycles. The number of allylic oxidation sites excluding steroid dienone is 2. The molecule has 1 aromatic rings. The van der Waals surface area contributed by atoms with Crippen LogP contribution in [0.15, 0.2) is 18.2 Å². The van der Waals surface area contributed by atoms with Gasteiger partial charge >= 0.3 is 0 Å². The van der Waals surface area contributed by atoms with E-state index in [2.05, 4.69) is 19.1 Å². The quantitative estimate of drug-likeness (QED) is 0.771. The highest BCUT2D eigenvalue weighted by Gasteiger charge is 2.41. The zero-order chi connectivity index (χ0) is 17.3. The minimum Gasteiger partial charge on any atom is -0.496 e. The van der Waals surface area contributed by atoms with E-state index in [-0.39, 0.29) is 11.6 Å². The predicted octanol–water partition coefficient (Wildman–Crippen LogP) is 4.44. The zero-order valence-electron chi connectivity index (χ0n) is 14.9. The lowest BCUT2D eigenvalue weighted by molar-refractivity contribution is -0.142. The second kappa shape index (κ2) is 6.54. The van der Waals surface area contributed by atoms with E-state index in [9.17, 15) is 9.59 Å². The number of fused-ring (bicyclic) bond motifs is 1. The first-order valence-corrected chi connectivity index (χ1v) is 8.90. The average Bonchev–Trinajstić information content (AvgIpc) is 2.58. The number of ether oxygens (including phenoxy) is 1. The summed E-state index contributed by atoms with van der Waals surface area (Å²) < 4.78 is 5.44. The highest BCUT2D eigenvalue weighted by Crippen LogP contribution is 2.39. The number of benzene rings is 1. The number of carbonyl (C=O) groups excluding carboxylic acids is 2. The molecule has 2 aliphatic carbocycles. The van der Waals surface area contributed by atoms with Crippen LogP contribution in [0.3, 0.4) is 0 Å². The Morgan fingerprint density at radius 2 is 1.75 bits per heavy atom. The van der Waals surface area contributed by atoms with Crippen molar-refractivity contribution < 1.29 is 14.3 Å². The van der Waals surface area contributed by atoms with Crippen molar-refractivity contribution in [3.63, 3.8) is 0 Å². The van der Waals surface area contributed by atoms with E-state index in [1.807, 2.05) is 13.0 Å². The summed E-state index contributed by atoms with van der Waals surface area (Å²) in [6.45, 7) is 3.94. The molecule has 1 fully saturated rings. The van der Waals surface area contributed by atoms with Gasteiger partial charge in [-0.3, -0.25) is 9.59 Å². The Hall–Kier alpha value is -1.90. The van der Waals surface area contributed by atoms with E-state index in [0.717, 1.165) is 25.0 Å². The van der Waals surface area contributed by atoms with Gasteiger partial charge in [0.1, 0.15) is 17.3 Å². The van der Waals surface area contributed by atoms with E-state index in [1.54, 1.807) is 7.11 Å². The van der Waals surface area contributed by atoms with Crippen molar-refractivity contribution in [3.8, 4) is 5.75 Å². The summed E-state index contributed by atoms with van der Waals surface area (Å²) in [6, 6.07) is 4.14. The summed E-state index contributed by atoms with van der Waals surface area (Å²) >= 11 is 0. The highest BCUT2D eigenvalue weighted by atomic mass is 16.5. The number of ketones is 2. The van der Waals surface area contributed by atoms with Gasteiger partial charge in [0.25, 0.3) is 0 Å². The van der Waals surface area contributed by atoms with Crippen LogP contribution in [0.1, 0.15) is 62.1 Å². The van der Waals surface area contributed by atoms with E-state index in [0.29, 0.717) is 25.7 Å². The summed E-state index contributed by atoms with van der Waals surface area (Å²) in [4.78, 5) is 24.6. The van der Waals surface area contributed by atoms with Crippen molar-refractivity contribution >= 4 is 17.1 Å². The summed E-state index contributed by atoms with van der Waals surface area (Å²) in [7, 11) is 1.70. The average molecular weight is 326 g/mol. The summed E-state index contributed by atoms with van der Waals surface area (Å²) in [5.74, 6) is 1.15. The van der Waals surface area contributed by atoms with Crippen LogP contribution in [0.2, 0.25) is 0 Å². The minimum atomic E-state index is -0.815. The second-order valence-electron chi connectivity index (χ2n) is 7.24. The number of Topliss-reactive ketones (excluding diaryl/α,β-unsaturated/α-hetero) is 2. The molecule has 1 saturated carbocycles. The Bertz CT molecular complexity index is 696. The Balaban J connectivity index is 1.92. The number of carbonyl (C=O) groups is 2. The lowest BCUT2D eigenvalue weighted by Gasteiger charge is -2.30. The van der Waals surface area contributed by atoms with Gasteiger partial charge in [-0.15, -0.1) is 0 Å². The Morgan fingerprint density at radius 3 is 2.42 bits per heavy atom. The topological polar surface area (TPSA) is 43.4 Å². The minimum absolute atomic E-state index is 0.109. The molecular weight excluding hydrogens is 300 g/mol. The Kier molecular flexibility index (Phi) is 4.62. The van der Waals surface area contributed by atoms with Gasteiger partial charge in [0.2, 0.25) is 0 Å². The Morgan fingerprint density at radius 1 is 1.08 bits per heavy atom. The van der Waals surface area contributed by atoms with Gasteiger partial charge in [0.05, 0.1) is 12.5 Å². The van der Waals surface area contributed by atoms with Crippen LogP contribution in [-0.2, 0) is 16.0 Å². The third-order valence-corrected chi connectivity index (χ3v) is 5.78. The van der Waals surface area contributed by atoms with Crippen LogP contribution in [0, 0.1) is 12.3 Å². The largest absolute Gasteiger partial charge is 0.496 e. The SMILES string of the molecule is COc1ccc2c(c1C)CCC/C2=C\CC1(C)C(=O)CCCC1=O. The molecule has 0 bridgehead atoms. The van der Waals surface area contributed by atoms with Crippen LogP contribution in [0.25, 0.3) is 5.57 Å². The van der Waals surface area contributed by atoms with Crippen molar-refractivity contribution in [2.45, 2.75) is 58.8 Å². The molecule has 0 heterocycles. The number of rotatable bonds is 3. The lowest BCUT2D eigenvalue weighted by atomic mass is 9.70. The molecule has 0 unspecified atom stereocenters. The maximum atomic E-state index is 12.3. The molecule has 3 nitrogen and oxygen atoms in total. The van der Waals surface area contributed by atoms with Crippen molar-refractivity contribution in [1.29, 1.82) is 0 Å². The number of hydrogen-bond acceptors (Lipinski definition) is 3. The third-order valence-electron chi connectivity index (χ3n) is 5.78. The Labute approximate surface area is 144 Å². The van der Waals surface area contributed by atoms with Crippen molar-refractivity contribution in [2.24, 2.45) is 5.41 Å². The van der Waals surface area contributed by atoms with E-state index in [4.69, 9.17) is 4.74 Å². The van der Waals surface area contributed by atoms with Crippen LogP contribution in [0.5, 0.6) is 5.75 Å². The number of methoxy groups -OCH3 is 1. The molecule has 0 aliphatic heterocycles. The van der Waals surface area contributed by atoms with Gasteiger partial charge in [0, 0.05) is 12.8 Å². The third kappa shape index (κ3) is 2.81. The molecule has 3 rings (SSSR count). The number of hydrogen-bond donors (Lipinski definition) is 0. The molecule has 128 valence electrons. The first-order chi connectivity index (χ1) is 11.5. The molecule has 0 spiro atoms. The van der Waals surface area contributed by atoms with Crippen LogP contribution in [0.4, 0.5) is 0 Å². The first-order valence-electron chi connectivity index (χ1n) is 8.90. The fraction of sp³-hybridized carbons (Fsp3) is 0.524. The standard InChI is InChI=1S/C21H26O3/c1-14-16-7-4-6-15(17(16)10-11-18(14)24-3)12-13-21(2)19(22)8-5-9-20(21)23/h10-12H,4-9,13H2,1-3H3/b15-12+. The maximum absolute atomic E-state index is 12.3. The summed E-state index contributed by atoms with van der Waals surface area (Å²) in [5, 5.41) is 0. The lowest BCUT2D eigenvalue weighted by Crippen LogP contribution is -2.39. The van der Waals surface area contributed by atoms with Gasteiger partial charge in [-0.05, 0) is 74.3 Å². The summed E-state index contributed by atoms with van der Waals surface area (Å²) in [6.07, 6.45) is 7.64. The monoisotopic (exact) mass is 326 g/mol. The van der Waals surface area contributed by atoms with Gasteiger partial charge in [-0.1, -0.05) is 12.1 Å². The molecule has 0 aromatic heterocycles. The van der Waals surface area contributed by atoms with E-state index in [1.165, 1.54) is 22.3 Å². The summed E-state index contributed by atoms with van der Waals surface area (Å²) in [5.41, 5.74) is 4.27. The van der Waals surface area contributed by atoms with Crippen LogP contribution in [-0.4, -0.2) is 18.7 Å². The van der Waals surface area contributed by atoms with Gasteiger partial charge in [0.15, 0.2) is 0 Å². The van der Waals surface area contributed by atoms with Crippen molar-refractivity contribution in [2.75, 3.05) is 7.11 Å². The fourth-order valence-corrected chi connectivity index (χ4v) is 4.05. The second-order valence-corrected chi connectivity index (χ2v) is 7.24. The van der Waals surface area contributed by atoms with Gasteiger partial charge < -0.3 is 4.74 Å². The predicted molar refractivity (Wildman–Crippen MR) is 95.2 cm³/mol. The first kappa shape index (κ1) is 16.9. The fourth-order valence-electron chi connectivity index (χ4n) is 4.05. The zero-order valence-corrected chi connectivity index (χ0v) is 14.9. The highest BCUT2D eigenvalue weighted by molar-refractivity contribution is 6.08. The normalized spacial score (nSPS) is 21.7. The van der Waals surface area contributed by atoms with Crippen molar-refractivity contribution in [3.05, 3.63) is 34.9 Å². The van der Waals surface area contributed by atoms with Gasteiger partial charge in [-0.2, -0.15) is 0 Å². The van der Waals surface area contributed by atoms with E-state index < -0.39 is 5.41 Å². The molecule has 0 N–H and O–H groups in total. The molecular formula is C21H26O3. The smallest absolute Gasteiger partial charge is 0.146 e. The van der Waals surface area contributed by atoms with Crippen LogP contribution >= 0.6 is 0 Å². The van der Waals surface area contributed by atoms with Crippen molar-refractivity contribution in [1.82, 2.24) is 0 Å².